The van der Waals surface area contributed by atoms with Gasteiger partial charge >= 0.3 is 0 Å². The molecule has 0 heterocycles. The van der Waals surface area contributed by atoms with E-state index in [0.717, 1.165) is 34.9 Å². The average molecular weight is 379 g/mol. The molecular formula is C22H19BrO. The van der Waals surface area contributed by atoms with Crippen LogP contribution in [-0.2, 0) is 12.8 Å². The van der Waals surface area contributed by atoms with Crippen LogP contribution in [0.3, 0.4) is 0 Å². The molecule has 0 fully saturated rings. The fraction of sp³-hybridized carbons (Fsp3) is 0.136. The quantitative estimate of drug-likeness (QED) is 0.411. The lowest BCUT2D eigenvalue weighted by atomic mass is 9.94. The van der Waals surface area contributed by atoms with E-state index >= 15 is 0 Å². The van der Waals surface area contributed by atoms with Crippen molar-refractivity contribution in [1.29, 1.82) is 0 Å². The number of aryl methyl sites for hydroxylation is 1. The lowest BCUT2D eigenvalue weighted by molar-refractivity contribution is 0.103. The van der Waals surface area contributed by atoms with Crippen molar-refractivity contribution in [2.75, 3.05) is 5.33 Å². The molecule has 3 aromatic rings. The molecule has 0 aromatic heterocycles. The molecule has 2 heteroatoms. The molecule has 0 saturated carbocycles. The third-order valence-electron chi connectivity index (χ3n) is 4.10. The van der Waals surface area contributed by atoms with Crippen LogP contribution in [0.25, 0.3) is 0 Å². The summed E-state index contributed by atoms with van der Waals surface area (Å²) in [5.41, 5.74) is 5.14. The number of halogens is 1. The zero-order chi connectivity index (χ0) is 16.8. The van der Waals surface area contributed by atoms with Gasteiger partial charge in [-0.25, -0.2) is 0 Å². The van der Waals surface area contributed by atoms with Crippen LogP contribution in [0.15, 0.2) is 78.9 Å². The number of alkyl halides is 1. The molecule has 0 N–H and O–H groups in total. The van der Waals surface area contributed by atoms with Crippen molar-refractivity contribution in [3.63, 3.8) is 0 Å². The first-order valence-electron chi connectivity index (χ1n) is 8.09. The average Bonchev–Trinajstić information content (AvgIpc) is 2.64. The van der Waals surface area contributed by atoms with Crippen LogP contribution in [0.5, 0.6) is 0 Å². The van der Waals surface area contributed by atoms with Gasteiger partial charge in [-0.2, -0.15) is 0 Å². The molecule has 0 radical (unpaired) electrons. The van der Waals surface area contributed by atoms with Gasteiger partial charge < -0.3 is 0 Å². The second-order valence-corrected chi connectivity index (χ2v) is 6.58. The van der Waals surface area contributed by atoms with E-state index in [2.05, 4.69) is 40.2 Å². The van der Waals surface area contributed by atoms with Gasteiger partial charge in [0.2, 0.25) is 0 Å². The Balaban J connectivity index is 1.85. The van der Waals surface area contributed by atoms with Crippen molar-refractivity contribution >= 4 is 21.7 Å². The highest BCUT2D eigenvalue weighted by atomic mass is 79.9. The maximum atomic E-state index is 12.8. The Morgan fingerprint density at radius 2 is 1.38 bits per heavy atom. The fourth-order valence-electron chi connectivity index (χ4n) is 2.79. The highest BCUT2D eigenvalue weighted by molar-refractivity contribution is 9.09. The number of carbonyl (C=O) groups excluding carboxylic acids is 1. The van der Waals surface area contributed by atoms with Crippen LogP contribution in [0, 0.1) is 0 Å². The number of hydrogen-bond donors (Lipinski definition) is 0. The molecular weight excluding hydrogens is 360 g/mol. The predicted octanol–water partition coefficient (Wildman–Crippen LogP) is 5.45. The molecule has 0 unspecified atom stereocenters. The zero-order valence-electron chi connectivity index (χ0n) is 13.4. The molecule has 0 aliphatic rings. The number of ketones is 1. The Bertz CT molecular complexity index is 807. The highest BCUT2D eigenvalue weighted by Crippen LogP contribution is 2.19. The monoisotopic (exact) mass is 378 g/mol. The van der Waals surface area contributed by atoms with E-state index in [0.29, 0.717) is 0 Å². The van der Waals surface area contributed by atoms with Crippen molar-refractivity contribution in [2.24, 2.45) is 0 Å². The minimum atomic E-state index is 0.0853. The standard InChI is InChI=1S/C22H19BrO/c23-15-14-17-10-12-18(13-11-17)16-20-8-4-5-9-21(20)22(24)19-6-2-1-3-7-19/h1-13H,14-16H2. The molecule has 1 nitrogen and oxygen atoms in total. The molecule has 0 bridgehead atoms. The number of rotatable bonds is 6. The molecule has 3 aromatic carbocycles. The third-order valence-corrected chi connectivity index (χ3v) is 4.50. The summed E-state index contributed by atoms with van der Waals surface area (Å²) in [4.78, 5) is 12.8. The van der Waals surface area contributed by atoms with Gasteiger partial charge in [0.15, 0.2) is 5.78 Å². The Morgan fingerprint density at radius 3 is 2.08 bits per heavy atom. The fourth-order valence-corrected chi connectivity index (χ4v) is 3.25. The molecule has 120 valence electrons. The van der Waals surface area contributed by atoms with Crippen LogP contribution < -0.4 is 0 Å². The lowest BCUT2D eigenvalue weighted by Crippen LogP contribution is -2.05. The minimum Gasteiger partial charge on any atom is -0.289 e. The smallest absolute Gasteiger partial charge is 0.193 e. The van der Waals surface area contributed by atoms with Gasteiger partial charge in [-0.05, 0) is 29.5 Å². The van der Waals surface area contributed by atoms with E-state index in [1.165, 1.54) is 11.1 Å². The van der Waals surface area contributed by atoms with Crippen molar-refractivity contribution in [2.45, 2.75) is 12.8 Å². The van der Waals surface area contributed by atoms with Gasteiger partial charge in [0.05, 0.1) is 0 Å². The van der Waals surface area contributed by atoms with Gasteiger partial charge in [-0.15, -0.1) is 0 Å². The van der Waals surface area contributed by atoms with E-state index in [1.54, 1.807) is 0 Å². The summed E-state index contributed by atoms with van der Waals surface area (Å²) in [6, 6.07) is 26.0. The van der Waals surface area contributed by atoms with Crippen molar-refractivity contribution in [3.05, 3.63) is 107 Å². The number of benzene rings is 3. The zero-order valence-corrected chi connectivity index (χ0v) is 15.0. The molecule has 0 spiro atoms. The third kappa shape index (κ3) is 4.01. The number of hydrogen-bond acceptors (Lipinski definition) is 1. The van der Waals surface area contributed by atoms with Crippen LogP contribution in [0.2, 0.25) is 0 Å². The van der Waals surface area contributed by atoms with E-state index in [-0.39, 0.29) is 5.78 Å². The van der Waals surface area contributed by atoms with E-state index < -0.39 is 0 Å². The van der Waals surface area contributed by atoms with Crippen molar-refractivity contribution in [3.8, 4) is 0 Å². The first kappa shape index (κ1) is 16.7. The summed E-state index contributed by atoms with van der Waals surface area (Å²) in [6.45, 7) is 0. The largest absolute Gasteiger partial charge is 0.289 e. The van der Waals surface area contributed by atoms with Crippen LogP contribution in [0.4, 0.5) is 0 Å². The molecule has 0 aliphatic heterocycles. The Kier molecular flexibility index (Phi) is 5.60. The summed E-state index contributed by atoms with van der Waals surface area (Å²) in [5.74, 6) is 0.0853. The topological polar surface area (TPSA) is 17.1 Å². The highest BCUT2D eigenvalue weighted by Gasteiger charge is 2.13. The van der Waals surface area contributed by atoms with E-state index in [4.69, 9.17) is 0 Å². The second-order valence-electron chi connectivity index (χ2n) is 5.78. The lowest BCUT2D eigenvalue weighted by Gasteiger charge is -2.09. The summed E-state index contributed by atoms with van der Waals surface area (Å²) in [7, 11) is 0. The first-order valence-corrected chi connectivity index (χ1v) is 9.21. The Labute approximate surface area is 151 Å². The minimum absolute atomic E-state index is 0.0853. The Hall–Kier alpha value is -2.19. The first-order chi connectivity index (χ1) is 11.8. The van der Waals surface area contributed by atoms with Gasteiger partial charge in [-0.1, -0.05) is 94.8 Å². The van der Waals surface area contributed by atoms with Crippen LogP contribution in [-0.4, -0.2) is 11.1 Å². The van der Waals surface area contributed by atoms with Crippen LogP contribution in [0.1, 0.15) is 32.6 Å². The maximum absolute atomic E-state index is 12.8. The van der Waals surface area contributed by atoms with Crippen molar-refractivity contribution in [1.82, 2.24) is 0 Å². The maximum Gasteiger partial charge on any atom is 0.193 e. The number of carbonyl (C=O) groups is 1. The molecule has 3 rings (SSSR count). The molecule has 0 amide bonds. The van der Waals surface area contributed by atoms with Crippen molar-refractivity contribution < 1.29 is 4.79 Å². The van der Waals surface area contributed by atoms with E-state index in [1.807, 2.05) is 54.6 Å². The summed E-state index contributed by atoms with van der Waals surface area (Å²) in [5, 5.41) is 0.973. The molecule has 0 saturated heterocycles. The second kappa shape index (κ2) is 8.07. The van der Waals surface area contributed by atoms with Gasteiger partial charge in [-0.3, -0.25) is 4.79 Å². The SMILES string of the molecule is O=C(c1ccccc1)c1ccccc1Cc1ccc(CCBr)cc1. The van der Waals surface area contributed by atoms with Gasteiger partial charge in [0.1, 0.15) is 0 Å². The molecule has 0 atom stereocenters. The molecule has 0 aliphatic carbocycles. The molecule has 24 heavy (non-hydrogen) atoms. The Morgan fingerprint density at radius 1 is 0.750 bits per heavy atom. The summed E-state index contributed by atoms with van der Waals surface area (Å²) in [6.07, 6.45) is 1.80. The van der Waals surface area contributed by atoms with E-state index in [9.17, 15) is 4.79 Å². The normalized spacial score (nSPS) is 10.5. The predicted molar refractivity (Wildman–Crippen MR) is 103 cm³/mol. The summed E-state index contributed by atoms with van der Waals surface area (Å²) >= 11 is 3.47. The van der Waals surface area contributed by atoms with Crippen LogP contribution >= 0.6 is 15.9 Å². The van der Waals surface area contributed by atoms with Gasteiger partial charge in [0, 0.05) is 16.5 Å². The summed E-state index contributed by atoms with van der Waals surface area (Å²) < 4.78 is 0. The van der Waals surface area contributed by atoms with Gasteiger partial charge in [0.25, 0.3) is 0 Å².